The Labute approximate surface area is 243 Å². The number of piperidine rings is 2. The summed E-state index contributed by atoms with van der Waals surface area (Å²) in [6.07, 6.45) is -0.515. The Kier molecular flexibility index (Phi) is 8.38. The number of halogens is 3. The second kappa shape index (κ2) is 11.7. The van der Waals surface area contributed by atoms with E-state index in [1.165, 1.54) is 12.1 Å². The van der Waals surface area contributed by atoms with Crippen LogP contribution >= 0.6 is 0 Å². The summed E-state index contributed by atoms with van der Waals surface area (Å²) in [6.45, 7) is 6.84. The number of likely N-dealkylation sites (tertiary alicyclic amines) is 1. The average molecular weight is 587 g/mol. The van der Waals surface area contributed by atoms with Crippen LogP contribution < -0.4 is 14.8 Å². The van der Waals surface area contributed by atoms with E-state index in [4.69, 9.17) is 4.74 Å². The number of carbonyl (C=O) groups excluding carboxylic acids is 3. The largest absolute Gasteiger partial charge is 0.573 e. The van der Waals surface area contributed by atoms with E-state index in [0.717, 1.165) is 50.0 Å². The number of fused-ring (bicyclic) bond motifs is 1. The third kappa shape index (κ3) is 6.33. The molecule has 0 radical (unpaired) electrons. The van der Waals surface area contributed by atoms with Crippen molar-refractivity contribution in [2.45, 2.75) is 70.6 Å². The minimum absolute atomic E-state index is 0.0689. The summed E-state index contributed by atoms with van der Waals surface area (Å²) >= 11 is 0. The number of hydrogen-bond acceptors (Lipinski definition) is 6. The van der Waals surface area contributed by atoms with Gasteiger partial charge in [-0.15, -0.1) is 13.2 Å². The van der Waals surface area contributed by atoms with Gasteiger partial charge in [-0.3, -0.25) is 19.7 Å². The van der Waals surface area contributed by atoms with Gasteiger partial charge in [-0.2, -0.15) is 0 Å². The van der Waals surface area contributed by atoms with Crippen molar-refractivity contribution in [3.8, 4) is 11.5 Å². The molecular formula is C32H37F3N2O5. The number of amides is 2. The molecule has 0 bridgehead atoms. The van der Waals surface area contributed by atoms with E-state index >= 15 is 0 Å². The summed E-state index contributed by atoms with van der Waals surface area (Å²) in [5.41, 5.74) is 1.19. The van der Waals surface area contributed by atoms with Crippen LogP contribution in [0.15, 0.2) is 42.5 Å². The average Bonchev–Trinajstić information content (AvgIpc) is 2.94. The van der Waals surface area contributed by atoms with Crippen molar-refractivity contribution in [2.24, 2.45) is 11.3 Å². The van der Waals surface area contributed by atoms with Crippen LogP contribution in [-0.2, 0) is 21.4 Å². The van der Waals surface area contributed by atoms with Crippen molar-refractivity contribution in [1.29, 1.82) is 0 Å². The molecule has 2 aromatic carbocycles. The number of alkyl halides is 3. The molecule has 7 nitrogen and oxygen atoms in total. The van der Waals surface area contributed by atoms with Gasteiger partial charge in [0, 0.05) is 30.0 Å². The second-order valence-electron chi connectivity index (χ2n) is 12.2. The third-order valence-corrected chi connectivity index (χ3v) is 9.41. The maximum atomic E-state index is 13.5. The van der Waals surface area contributed by atoms with Crippen LogP contribution in [0.4, 0.5) is 13.2 Å². The highest BCUT2D eigenvalue weighted by Gasteiger charge is 2.49. The van der Waals surface area contributed by atoms with E-state index in [9.17, 15) is 27.6 Å². The van der Waals surface area contributed by atoms with Gasteiger partial charge < -0.3 is 14.4 Å². The first-order chi connectivity index (χ1) is 19.9. The van der Waals surface area contributed by atoms with Crippen LogP contribution in [0, 0.1) is 11.3 Å². The van der Waals surface area contributed by atoms with Gasteiger partial charge in [-0.1, -0.05) is 38.1 Å². The predicted molar refractivity (Wildman–Crippen MR) is 149 cm³/mol. The predicted octanol–water partition coefficient (Wildman–Crippen LogP) is 5.60. The van der Waals surface area contributed by atoms with Gasteiger partial charge in [0.05, 0.1) is 12.0 Å². The third-order valence-electron chi connectivity index (χ3n) is 9.41. The zero-order chi connectivity index (χ0) is 30.1. The minimum Gasteiger partial charge on any atom is -0.493 e. The van der Waals surface area contributed by atoms with E-state index in [1.54, 1.807) is 19.1 Å². The fourth-order valence-electron chi connectivity index (χ4n) is 6.65. The molecule has 2 amide bonds. The number of nitrogens with zero attached hydrogens (tertiary/aromatic N) is 1. The molecule has 0 spiro atoms. The highest BCUT2D eigenvalue weighted by Crippen LogP contribution is 2.44. The molecule has 0 saturated carbocycles. The summed E-state index contributed by atoms with van der Waals surface area (Å²) in [5, 5.41) is 2.41. The van der Waals surface area contributed by atoms with E-state index in [0.29, 0.717) is 37.2 Å². The maximum Gasteiger partial charge on any atom is 0.573 e. The quantitative estimate of drug-likeness (QED) is 0.321. The second-order valence-corrected chi connectivity index (χ2v) is 12.2. The van der Waals surface area contributed by atoms with E-state index in [-0.39, 0.29) is 35.2 Å². The smallest absolute Gasteiger partial charge is 0.493 e. The summed E-state index contributed by atoms with van der Waals surface area (Å²) < 4.78 is 48.3. The first-order valence-electron chi connectivity index (χ1n) is 14.6. The first-order valence-corrected chi connectivity index (χ1v) is 14.6. The number of hydrogen-bond donors (Lipinski definition) is 1. The lowest BCUT2D eigenvalue weighted by Crippen LogP contribution is -2.53. The van der Waals surface area contributed by atoms with Crippen LogP contribution in [0.3, 0.4) is 0 Å². The Hall–Kier alpha value is -3.40. The van der Waals surface area contributed by atoms with E-state index < -0.39 is 17.7 Å². The summed E-state index contributed by atoms with van der Waals surface area (Å²) in [4.78, 5) is 40.2. The topological polar surface area (TPSA) is 84.9 Å². The van der Waals surface area contributed by atoms with Crippen LogP contribution in [-0.4, -0.2) is 55.1 Å². The molecule has 3 aliphatic rings. The lowest BCUT2D eigenvalue weighted by Gasteiger charge is -2.40. The lowest BCUT2D eigenvalue weighted by atomic mass is 9.64. The Bertz CT molecular complexity index is 1350. The number of Topliss-reactive ketones (excluding diaryl/α,β-unsaturated/α-hetero) is 1. The molecule has 226 valence electrons. The highest BCUT2D eigenvalue weighted by atomic mass is 19.4. The fourth-order valence-corrected chi connectivity index (χ4v) is 6.65. The molecule has 5 rings (SSSR count). The molecule has 2 aromatic rings. The fraction of sp³-hybridized carbons (Fsp3) is 0.531. The first kappa shape index (κ1) is 30.1. The Morgan fingerprint density at radius 1 is 1.00 bits per heavy atom. The van der Waals surface area contributed by atoms with Crippen molar-refractivity contribution in [3.63, 3.8) is 0 Å². The molecule has 42 heavy (non-hydrogen) atoms. The molecule has 2 atom stereocenters. The molecule has 1 unspecified atom stereocenters. The summed E-state index contributed by atoms with van der Waals surface area (Å²) in [7, 11) is 0. The molecule has 2 fully saturated rings. The van der Waals surface area contributed by atoms with E-state index in [2.05, 4.69) is 21.9 Å². The van der Waals surface area contributed by atoms with Crippen molar-refractivity contribution < 1.29 is 37.0 Å². The standard InChI is InChI=1S/C32H37F3N2O5/c1-30(21-6-3-7-22(20-21)42-32(33,34)35)14-17-37(18-15-30)16-5-19-41-26-9-4-8-24-23(26)10-11-25(28(24)39)31(2)13-12-27(38)36-29(31)40/h3-4,6-9,20,25H,5,10-19H2,1-2H3,(H,36,38,40)/t25?,31-/m1/s1. The minimum atomic E-state index is -4.71. The summed E-state index contributed by atoms with van der Waals surface area (Å²) in [6, 6.07) is 11.8. The SMILES string of the molecule is CC1(c2cccc(OC(F)(F)F)c2)CCN(CCCOc2cccc3c2CCC([C@@]2(C)CCC(=O)NC2=O)C3=O)CC1. The molecular weight excluding hydrogens is 549 g/mol. The molecule has 1 N–H and O–H groups in total. The van der Waals surface area contributed by atoms with Gasteiger partial charge in [0.2, 0.25) is 11.8 Å². The van der Waals surface area contributed by atoms with Crippen molar-refractivity contribution >= 4 is 17.6 Å². The number of nitrogens with one attached hydrogen (secondary N) is 1. The molecule has 10 heteroatoms. The van der Waals surface area contributed by atoms with Crippen LogP contribution in [0.1, 0.15) is 73.9 Å². The van der Waals surface area contributed by atoms with Crippen molar-refractivity contribution in [2.75, 3.05) is 26.2 Å². The van der Waals surface area contributed by atoms with Gasteiger partial charge in [0.1, 0.15) is 11.5 Å². The monoisotopic (exact) mass is 586 g/mol. The van der Waals surface area contributed by atoms with Gasteiger partial charge in [-0.25, -0.2) is 0 Å². The molecule has 1 aliphatic carbocycles. The normalized spacial score (nSPS) is 24.6. The molecule has 2 aliphatic heterocycles. The van der Waals surface area contributed by atoms with Crippen molar-refractivity contribution in [1.82, 2.24) is 10.2 Å². The number of benzene rings is 2. The van der Waals surface area contributed by atoms with Gasteiger partial charge in [0.25, 0.3) is 0 Å². The number of ether oxygens (including phenoxy) is 2. The Morgan fingerprint density at radius 3 is 2.45 bits per heavy atom. The molecule has 2 heterocycles. The zero-order valence-corrected chi connectivity index (χ0v) is 24.0. The number of imide groups is 1. The lowest BCUT2D eigenvalue weighted by molar-refractivity contribution is -0.274. The van der Waals surface area contributed by atoms with E-state index in [1.807, 2.05) is 18.2 Å². The number of carbonyl (C=O) groups is 3. The summed E-state index contributed by atoms with van der Waals surface area (Å²) in [5.74, 6) is -0.695. The van der Waals surface area contributed by atoms with Crippen LogP contribution in [0.25, 0.3) is 0 Å². The highest BCUT2D eigenvalue weighted by molar-refractivity contribution is 6.07. The molecule has 0 aromatic heterocycles. The van der Waals surface area contributed by atoms with Crippen LogP contribution in [0.5, 0.6) is 11.5 Å². The number of ketones is 1. The molecule has 2 saturated heterocycles. The Morgan fingerprint density at radius 2 is 1.74 bits per heavy atom. The van der Waals surface area contributed by atoms with Crippen molar-refractivity contribution in [3.05, 3.63) is 59.2 Å². The van der Waals surface area contributed by atoms with Gasteiger partial charge in [0.15, 0.2) is 5.78 Å². The number of rotatable bonds is 8. The van der Waals surface area contributed by atoms with Gasteiger partial charge >= 0.3 is 6.36 Å². The Balaban J connectivity index is 1.12. The maximum absolute atomic E-state index is 13.5. The zero-order valence-electron chi connectivity index (χ0n) is 24.0. The van der Waals surface area contributed by atoms with Gasteiger partial charge in [-0.05, 0) is 80.8 Å². The van der Waals surface area contributed by atoms with Crippen LogP contribution in [0.2, 0.25) is 0 Å².